The van der Waals surface area contributed by atoms with E-state index in [2.05, 4.69) is 15.5 Å². The molecule has 0 atom stereocenters. The number of amides is 1. The summed E-state index contributed by atoms with van der Waals surface area (Å²) in [5, 5.41) is 15.1. The Bertz CT molecular complexity index is 1200. The van der Waals surface area contributed by atoms with Crippen molar-refractivity contribution in [1.29, 1.82) is 0 Å². The number of rotatable bonds is 8. The monoisotopic (exact) mass is 439 g/mol. The van der Waals surface area contributed by atoms with Gasteiger partial charge in [-0.05, 0) is 30.3 Å². The summed E-state index contributed by atoms with van der Waals surface area (Å²) in [6.07, 6.45) is 2.86. The topological polar surface area (TPSA) is 135 Å². The summed E-state index contributed by atoms with van der Waals surface area (Å²) in [6.45, 7) is -0.641. The fraction of sp³-hybridized carbons (Fsp3) is 0.0500. The van der Waals surface area contributed by atoms with Crippen molar-refractivity contribution in [3.05, 3.63) is 94.8 Å². The molecule has 10 nitrogen and oxygen atoms in total. The first-order valence-electron chi connectivity index (χ1n) is 8.94. The standard InChI is InChI=1S/C20H17N5O5S/c26-20(23-22-14-16-8-6-7-13-21-16)15-24(17-9-2-1-3-10-17)31(29,30)19-12-5-4-11-18(19)25(27)28/h1-14H,15H2,(H,23,26)/b22-14-. The maximum absolute atomic E-state index is 13.3. The summed E-state index contributed by atoms with van der Waals surface area (Å²) in [6, 6.07) is 17.9. The minimum Gasteiger partial charge on any atom is -0.271 e. The maximum atomic E-state index is 13.3. The predicted octanol–water partition coefficient (Wildman–Crippen LogP) is 2.34. The van der Waals surface area contributed by atoms with E-state index in [1.807, 2.05) is 0 Å². The number of hydrogen-bond acceptors (Lipinski definition) is 7. The Hall–Kier alpha value is -4.12. The third-order valence-electron chi connectivity index (χ3n) is 4.04. The summed E-state index contributed by atoms with van der Waals surface area (Å²) >= 11 is 0. The van der Waals surface area contributed by atoms with E-state index >= 15 is 0 Å². The molecule has 3 aromatic rings. The van der Waals surface area contributed by atoms with E-state index in [9.17, 15) is 23.3 Å². The molecule has 3 rings (SSSR count). The molecule has 1 amide bonds. The van der Waals surface area contributed by atoms with Crippen LogP contribution in [0.15, 0.2) is 89.0 Å². The van der Waals surface area contributed by atoms with Crippen LogP contribution in [0.2, 0.25) is 0 Å². The van der Waals surface area contributed by atoms with Gasteiger partial charge in [-0.1, -0.05) is 36.4 Å². The van der Waals surface area contributed by atoms with Crippen LogP contribution in [0.25, 0.3) is 0 Å². The van der Waals surface area contributed by atoms with Crippen LogP contribution in [0, 0.1) is 10.1 Å². The summed E-state index contributed by atoms with van der Waals surface area (Å²) in [7, 11) is -4.44. The fourth-order valence-electron chi connectivity index (χ4n) is 2.64. The maximum Gasteiger partial charge on any atom is 0.289 e. The largest absolute Gasteiger partial charge is 0.289 e. The average molecular weight is 439 g/mol. The van der Waals surface area contributed by atoms with Gasteiger partial charge in [-0.15, -0.1) is 0 Å². The van der Waals surface area contributed by atoms with Crippen LogP contribution >= 0.6 is 0 Å². The van der Waals surface area contributed by atoms with Crippen LogP contribution in [0.4, 0.5) is 11.4 Å². The number of carbonyl (C=O) groups is 1. The molecule has 0 aliphatic rings. The van der Waals surface area contributed by atoms with Gasteiger partial charge >= 0.3 is 0 Å². The quantitative estimate of drug-likeness (QED) is 0.325. The molecule has 0 aliphatic heterocycles. The number of nitrogens with zero attached hydrogens (tertiary/aromatic N) is 4. The number of pyridine rings is 1. The lowest BCUT2D eigenvalue weighted by Crippen LogP contribution is -2.39. The zero-order valence-electron chi connectivity index (χ0n) is 16.0. The molecule has 0 saturated carbocycles. The van der Waals surface area contributed by atoms with Crippen LogP contribution in [-0.4, -0.2) is 37.0 Å². The number of hydrogen-bond donors (Lipinski definition) is 1. The molecule has 31 heavy (non-hydrogen) atoms. The third-order valence-corrected chi connectivity index (χ3v) is 5.86. The Kier molecular flexibility index (Phi) is 6.67. The van der Waals surface area contributed by atoms with E-state index in [1.165, 1.54) is 30.5 Å². The van der Waals surface area contributed by atoms with Crippen LogP contribution in [-0.2, 0) is 14.8 Å². The first-order chi connectivity index (χ1) is 14.9. The van der Waals surface area contributed by atoms with Gasteiger partial charge in [0, 0.05) is 12.3 Å². The van der Waals surface area contributed by atoms with Crippen molar-refractivity contribution in [3.63, 3.8) is 0 Å². The highest BCUT2D eigenvalue weighted by Gasteiger charge is 2.32. The van der Waals surface area contributed by atoms with Crippen molar-refractivity contribution in [2.45, 2.75) is 4.90 Å². The number of sulfonamides is 1. The number of aromatic nitrogens is 1. The number of anilines is 1. The van der Waals surface area contributed by atoms with Gasteiger partial charge in [0.05, 0.1) is 22.5 Å². The fourth-order valence-corrected chi connectivity index (χ4v) is 4.22. The number of nitro groups is 1. The minimum atomic E-state index is -4.44. The van der Waals surface area contributed by atoms with Crippen molar-refractivity contribution in [3.8, 4) is 0 Å². The SMILES string of the molecule is O=C(CN(c1ccccc1)S(=O)(=O)c1ccccc1[N+](=O)[O-])N/N=C\c1ccccn1. The average Bonchev–Trinajstić information content (AvgIpc) is 2.78. The first-order valence-corrected chi connectivity index (χ1v) is 10.4. The van der Waals surface area contributed by atoms with Gasteiger partial charge in [0.15, 0.2) is 4.90 Å². The molecule has 0 fully saturated rings. The van der Waals surface area contributed by atoms with Crippen molar-refractivity contribution in [2.24, 2.45) is 5.10 Å². The molecule has 0 spiro atoms. The van der Waals surface area contributed by atoms with Crippen molar-refractivity contribution in [1.82, 2.24) is 10.4 Å². The Morgan fingerprint density at radius 3 is 2.42 bits per heavy atom. The van der Waals surface area contributed by atoms with E-state index in [4.69, 9.17) is 0 Å². The molecule has 0 unspecified atom stereocenters. The van der Waals surface area contributed by atoms with Crippen molar-refractivity contribution in [2.75, 3.05) is 10.8 Å². The van der Waals surface area contributed by atoms with E-state index in [-0.39, 0.29) is 5.69 Å². The number of carbonyl (C=O) groups excluding carboxylic acids is 1. The number of nitro benzene ring substituents is 1. The number of para-hydroxylation sites is 2. The molecule has 2 aromatic carbocycles. The molecule has 1 heterocycles. The molecule has 1 N–H and O–H groups in total. The minimum absolute atomic E-state index is 0.171. The highest BCUT2D eigenvalue weighted by molar-refractivity contribution is 7.93. The van der Waals surface area contributed by atoms with E-state index in [0.717, 1.165) is 16.4 Å². The smallest absolute Gasteiger partial charge is 0.271 e. The molecule has 1 aromatic heterocycles. The Balaban J connectivity index is 1.90. The highest BCUT2D eigenvalue weighted by atomic mass is 32.2. The Morgan fingerprint density at radius 1 is 1.06 bits per heavy atom. The van der Waals surface area contributed by atoms with Gasteiger partial charge in [0.2, 0.25) is 0 Å². The summed E-state index contributed by atoms with van der Waals surface area (Å²) in [5.41, 5.74) is 2.32. The first kappa shape index (κ1) is 21.6. The molecule has 11 heteroatoms. The van der Waals surface area contributed by atoms with Crippen LogP contribution in [0.3, 0.4) is 0 Å². The lowest BCUT2D eigenvalue weighted by molar-refractivity contribution is -0.387. The second-order valence-corrected chi connectivity index (χ2v) is 7.95. The van der Waals surface area contributed by atoms with E-state index < -0.39 is 38.0 Å². The molecule has 0 saturated heterocycles. The van der Waals surface area contributed by atoms with Gasteiger partial charge in [-0.3, -0.25) is 24.2 Å². The summed E-state index contributed by atoms with van der Waals surface area (Å²) in [4.78, 5) is 26.5. The van der Waals surface area contributed by atoms with Crippen LogP contribution in [0.1, 0.15) is 5.69 Å². The van der Waals surface area contributed by atoms with Crippen LogP contribution in [0.5, 0.6) is 0 Å². The Morgan fingerprint density at radius 2 is 1.74 bits per heavy atom. The van der Waals surface area contributed by atoms with Gasteiger partial charge in [0.25, 0.3) is 21.6 Å². The molecule has 158 valence electrons. The number of benzene rings is 2. The van der Waals surface area contributed by atoms with Gasteiger partial charge in [-0.25, -0.2) is 13.8 Å². The number of nitrogens with one attached hydrogen (secondary N) is 1. The second-order valence-electron chi connectivity index (χ2n) is 6.12. The zero-order chi connectivity index (χ0) is 22.3. The normalized spacial score (nSPS) is 11.2. The van der Waals surface area contributed by atoms with E-state index in [1.54, 1.807) is 42.6 Å². The van der Waals surface area contributed by atoms with Crippen molar-refractivity contribution >= 4 is 33.5 Å². The summed E-state index contributed by atoms with van der Waals surface area (Å²) in [5.74, 6) is -0.738. The summed E-state index contributed by atoms with van der Waals surface area (Å²) < 4.78 is 27.4. The van der Waals surface area contributed by atoms with E-state index in [0.29, 0.717) is 5.69 Å². The van der Waals surface area contributed by atoms with Crippen LogP contribution < -0.4 is 9.73 Å². The molecular formula is C20H17N5O5S. The third kappa shape index (κ3) is 5.28. The number of hydrazone groups is 1. The van der Waals surface area contributed by atoms with Gasteiger partial charge in [-0.2, -0.15) is 5.10 Å². The lowest BCUT2D eigenvalue weighted by atomic mass is 10.3. The molecular weight excluding hydrogens is 422 g/mol. The molecule has 0 bridgehead atoms. The molecule has 0 aliphatic carbocycles. The van der Waals surface area contributed by atoms with Crippen molar-refractivity contribution < 1.29 is 18.1 Å². The van der Waals surface area contributed by atoms with Gasteiger partial charge < -0.3 is 0 Å². The Labute approximate surface area is 178 Å². The predicted molar refractivity (Wildman–Crippen MR) is 114 cm³/mol. The van der Waals surface area contributed by atoms with Gasteiger partial charge in [0.1, 0.15) is 6.54 Å². The molecule has 0 radical (unpaired) electrons. The highest BCUT2D eigenvalue weighted by Crippen LogP contribution is 2.29. The lowest BCUT2D eigenvalue weighted by Gasteiger charge is -2.23. The zero-order valence-corrected chi connectivity index (χ0v) is 16.8. The second kappa shape index (κ2) is 9.59.